The van der Waals surface area contributed by atoms with E-state index in [-0.39, 0.29) is 10.8 Å². The predicted octanol–water partition coefficient (Wildman–Crippen LogP) is 8.88. The maximum atomic E-state index is 14.1. The Balaban J connectivity index is 0.000000292. The zero-order valence-corrected chi connectivity index (χ0v) is 36.3. The number of anilines is 2. The third kappa shape index (κ3) is 13.1. The van der Waals surface area contributed by atoms with Gasteiger partial charge in [0.05, 0.1) is 24.9 Å². The number of rotatable bonds is 7. The van der Waals surface area contributed by atoms with Crippen LogP contribution in [0.2, 0.25) is 0 Å². The number of carbonyl (C=O) groups is 2. The summed E-state index contributed by atoms with van der Waals surface area (Å²) in [6.45, 7) is 26.7. The number of allylic oxidation sites excluding steroid dienone is 1. The first-order valence-corrected chi connectivity index (χ1v) is 21.9. The van der Waals surface area contributed by atoms with Crippen molar-refractivity contribution in [1.82, 2.24) is 14.9 Å². The van der Waals surface area contributed by atoms with Crippen LogP contribution in [0.3, 0.4) is 0 Å². The van der Waals surface area contributed by atoms with Gasteiger partial charge < -0.3 is 24.4 Å². The molecule has 0 bridgehead atoms. The number of para-hydroxylation sites is 1. The lowest BCUT2D eigenvalue weighted by atomic mass is 9.86. The van der Waals surface area contributed by atoms with Crippen molar-refractivity contribution in [3.63, 3.8) is 0 Å². The molecule has 5 heterocycles. The summed E-state index contributed by atoms with van der Waals surface area (Å²) in [6, 6.07) is 17.1. The molecule has 6 aliphatic rings. The first-order valence-electron chi connectivity index (χ1n) is 21.9. The summed E-state index contributed by atoms with van der Waals surface area (Å²) in [5.74, 6) is 0.323. The molecule has 8 rings (SSSR count). The van der Waals surface area contributed by atoms with Gasteiger partial charge in [0.15, 0.2) is 0 Å². The van der Waals surface area contributed by atoms with Crippen LogP contribution in [0.25, 0.3) is 0 Å². The molecule has 4 saturated heterocycles. The summed E-state index contributed by atoms with van der Waals surface area (Å²) in [4.78, 5) is 30.3. The Morgan fingerprint density at radius 2 is 1.50 bits per heavy atom. The van der Waals surface area contributed by atoms with Crippen molar-refractivity contribution in [2.75, 3.05) is 68.8 Å². The number of hydrogen-bond acceptors (Lipinski definition) is 8. The van der Waals surface area contributed by atoms with E-state index in [9.17, 15) is 14.4 Å². The fraction of sp³-hybridized carbons (Fsp3) is 0.583. The van der Waals surface area contributed by atoms with E-state index in [4.69, 9.17) is 9.53 Å². The molecule has 0 aromatic heterocycles. The fourth-order valence-corrected chi connectivity index (χ4v) is 8.64. The van der Waals surface area contributed by atoms with E-state index < -0.39 is 17.6 Å². The number of hydrogen-bond donors (Lipinski definition) is 1. The smallest absolute Gasteiger partial charge is 0.272 e. The third-order valence-electron chi connectivity index (χ3n) is 12.0. The van der Waals surface area contributed by atoms with E-state index in [1.54, 1.807) is 0 Å². The van der Waals surface area contributed by atoms with E-state index in [2.05, 4.69) is 94.6 Å². The van der Waals surface area contributed by atoms with Gasteiger partial charge in [-0.1, -0.05) is 88.4 Å². The first kappa shape index (κ1) is 46.9. The van der Waals surface area contributed by atoms with Crippen LogP contribution < -0.4 is 9.80 Å². The van der Waals surface area contributed by atoms with Crippen LogP contribution in [0.1, 0.15) is 104 Å². The number of piperidine rings is 2. The lowest BCUT2D eigenvalue weighted by Crippen LogP contribution is -2.49. The largest absolute Gasteiger partial charge is 0.386 e. The summed E-state index contributed by atoms with van der Waals surface area (Å²) in [5, 5.41) is 10.00. The molecular weight excluding hydrogens is 730 g/mol. The van der Waals surface area contributed by atoms with E-state index >= 15 is 0 Å². The lowest BCUT2D eigenvalue weighted by molar-refractivity contribution is -0.151. The minimum atomic E-state index is -0.653. The number of amides is 1. The minimum Gasteiger partial charge on any atom is -0.386 e. The molecule has 2 aromatic rings. The monoisotopic (exact) mass is 802 g/mol. The van der Waals surface area contributed by atoms with Crippen LogP contribution in [0.15, 0.2) is 84.1 Å². The number of nitrogens with zero attached hydrogens (tertiary/aromatic N) is 5. The van der Waals surface area contributed by atoms with E-state index in [1.807, 2.05) is 33.6 Å². The highest BCUT2D eigenvalue weighted by atomic mass is 19.2. The SMILES string of the molecule is C=C1CCC(N2Cc3ccc(N4CCN(CC5CCN(c6ccccc6)CC5)CC4)cc3C2)C(=O)N1F.C=O.CC.CC1(O)C=C2COCCC2=CC1.CCCCC. The standard InChI is InChI=1S/C30H38FN5O.C10H14O2.C5H12.C2H6.CH2O/c1-23-7-10-29(30(37)36(23)31)35-21-25-8-9-28(19-26(25)22-35)34-17-15-32(16-18-34)20-24-11-13-33(14-12-24)27-5-3-2-4-6-27;1-10(11)4-2-8-3-5-12-7-9(8)6-10;1-3-5-4-2;2*1-2/h2-6,8-9,19,24,29H,1,7,10-18,20-22H2;2,6,11H,3-5,7H2,1H3;3-5H2,1-2H3;1-2H3;1H2. The molecule has 0 saturated carbocycles. The highest BCUT2D eigenvalue weighted by Gasteiger charge is 2.38. The maximum absolute atomic E-state index is 14.1. The molecule has 320 valence electrons. The third-order valence-corrected chi connectivity index (χ3v) is 12.0. The van der Waals surface area contributed by atoms with Crippen LogP contribution >= 0.6 is 0 Å². The number of carbonyl (C=O) groups excluding carboxylic acids is 2. The molecule has 9 nitrogen and oxygen atoms in total. The quantitative estimate of drug-likeness (QED) is 0.279. The molecule has 10 heteroatoms. The Bertz CT molecular complexity index is 1630. The van der Waals surface area contributed by atoms with Gasteiger partial charge in [-0.2, -0.15) is 0 Å². The van der Waals surface area contributed by atoms with Crippen LogP contribution in [0, 0.1) is 5.92 Å². The second-order valence-electron chi connectivity index (χ2n) is 16.3. The average molecular weight is 802 g/mol. The number of benzene rings is 2. The Morgan fingerprint density at radius 1 is 0.845 bits per heavy atom. The number of ether oxygens (including phenoxy) is 1. The van der Waals surface area contributed by atoms with Crippen molar-refractivity contribution >= 4 is 24.1 Å². The van der Waals surface area contributed by atoms with Gasteiger partial charge in [-0.05, 0) is 104 Å². The fourth-order valence-electron chi connectivity index (χ4n) is 8.64. The number of piperazine rings is 1. The highest BCUT2D eigenvalue weighted by molar-refractivity contribution is 5.83. The van der Waals surface area contributed by atoms with Gasteiger partial charge in [0.2, 0.25) is 0 Å². The number of fused-ring (bicyclic) bond motifs is 2. The Morgan fingerprint density at radius 3 is 2.16 bits per heavy atom. The van der Waals surface area contributed by atoms with Gasteiger partial charge in [0.1, 0.15) is 6.79 Å². The molecule has 2 unspecified atom stereocenters. The van der Waals surface area contributed by atoms with Crippen molar-refractivity contribution in [3.8, 4) is 0 Å². The molecule has 0 radical (unpaired) electrons. The van der Waals surface area contributed by atoms with Gasteiger partial charge in [0, 0.05) is 76.0 Å². The van der Waals surface area contributed by atoms with Gasteiger partial charge in [-0.3, -0.25) is 14.6 Å². The molecular formula is C48H72FN5O4. The summed E-state index contributed by atoms with van der Waals surface area (Å²) in [6.07, 6.45) is 13.6. The van der Waals surface area contributed by atoms with Gasteiger partial charge in [0.25, 0.3) is 5.91 Å². The average Bonchev–Trinajstić information content (AvgIpc) is 3.69. The normalized spacial score (nSPS) is 23.6. The first-order chi connectivity index (χ1) is 28.1. The van der Waals surface area contributed by atoms with E-state index in [0.717, 1.165) is 64.6 Å². The second kappa shape index (κ2) is 23.7. The van der Waals surface area contributed by atoms with Crippen molar-refractivity contribution in [2.24, 2.45) is 5.92 Å². The molecule has 5 aliphatic heterocycles. The zero-order chi connectivity index (χ0) is 42.1. The number of aliphatic hydroxyl groups is 1. The van der Waals surface area contributed by atoms with Gasteiger partial charge >= 0.3 is 0 Å². The van der Waals surface area contributed by atoms with Crippen LogP contribution in [-0.2, 0) is 27.4 Å². The van der Waals surface area contributed by atoms with Crippen molar-refractivity contribution in [3.05, 3.63) is 95.2 Å². The molecule has 2 atom stereocenters. The Hall–Kier alpha value is -3.83. The predicted molar refractivity (Wildman–Crippen MR) is 236 cm³/mol. The molecule has 0 spiro atoms. The summed E-state index contributed by atoms with van der Waals surface area (Å²) in [7, 11) is 0. The van der Waals surface area contributed by atoms with Gasteiger partial charge in [-0.25, -0.2) is 0 Å². The Kier molecular flexibility index (Phi) is 19.1. The zero-order valence-electron chi connectivity index (χ0n) is 36.3. The van der Waals surface area contributed by atoms with Crippen molar-refractivity contribution in [1.29, 1.82) is 0 Å². The molecule has 4 fully saturated rings. The molecule has 2 aromatic carbocycles. The lowest BCUT2D eigenvalue weighted by Gasteiger charge is -2.40. The van der Waals surface area contributed by atoms with Crippen LogP contribution in [0.4, 0.5) is 15.9 Å². The Labute approximate surface area is 349 Å². The summed E-state index contributed by atoms with van der Waals surface area (Å²) in [5.41, 5.74) is 7.32. The van der Waals surface area contributed by atoms with Crippen LogP contribution in [-0.4, -0.2) is 103 Å². The van der Waals surface area contributed by atoms with Gasteiger partial charge in [-0.15, -0.1) is 5.12 Å². The van der Waals surface area contributed by atoms with E-state index in [1.165, 1.54) is 72.3 Å². The molecule has 1 aliphatic carbocycles. The number of unbranched alkanes of at least 4 members (excludes halogenated alkanes) is 2. The molecule has 1 amide bonds. The van der Waals surface area contributed by atoms with Crippen molar-refractivity contribution < 1.29 is 23.9 Å². The number of halogens is 1. The minimum absolute atomic E-state index is 0.259. The summed E-state index contributed by atoms with van der Waals surface area (Å²) >= 11 is 0. The second-order valence-corrected chi connectivity index (χ2v) is 16.3. The topological polar surface area (TPSA) is 79.8 Å². The van der Waals surface area contributed by atoms with Crippen molar-refractivity contribution in [2.45, 2.75) is 117 Å². The summed E-state index contributed by atoms with van der Waals surface area (Å²) < 4.78 is 19.4. The van der Waals surface area contributed by atoms with E-state index in [0.29, 0.717) is 32.5 Å². The molecule has 1 N–H and O–H groups in total. The highest BCUT2D eigenvalue weighted by Crippen LogP contribution is 2.34. The van der Waals surface area contributed by atoms with Crippen LogP contribution in [0.5, 0.6) is 0 Å². The maximum Gasteiger partial charge on any atom is 0.272 e. The molecule has 58 heavy (non-hydrogen) atoms.